The molecule has 0 spiro atoms. The van der Waals surface area contributed by atoms with Crippen molar-refractivity contribution in [2.24, 2.45) is 0 Å². The molecule has 1 aliphatic rings. The van der Waals surface area contributed by atoms with Crippen molar-refractivity contribution >= 4 is 5.91 Å². The molecule has 0 saturated carbocycles. The Morgan fingerprint density at radius 2 is 2.36 bits per heavy atom. The van der Waals surface area contributed by atoms with Crippen molar-refractivity contribution in [2.45, 2.75) is 38.8 Å². The van der Waals surface area contributed by atoms with Crippen LogP contribution in [-0.4, -0.2) is 37.7 Å². The lowest BCUT2D eigenvalue weighted by atomic mass is 10.2. The van der Waals surface area contributed by atoms with E-state index in [0.717, 1.165) is 19.4 Å². The third-order valence-electron chi connectivity index (χ3n) is 2.22. The Labute approximate surface area is 85.4 Å². The van der Waals surface area contributed by atoms with Gasteiger partial charge in [-0.2, -0.15) is 0 Å². The van der Waals surface area contributed by atoms with Crippen LogP contribution in [0.2, 0.25) is 0 Å². The average Bonchev–Trinajstić information content (AvgIpc) is 2.63. The van der Waals surface area contributed by atoms with Crippen LogP contribution in [0.5, 0.6) is 0 Å². The molecule has 0 aromatic rings. The number of hydrogen-bond donors (Lipinski definition) is 2. The smallest absolute Gasteiger partial charge is 0.234 e. The Bertz CT molecular complexity index is 177. The van der Waals surface area contributed by atoms with Gasteiger partial charge in [0.1, 0.15) is 0 Å². The summed E-state index contributed by atoms with van der Waals surface area (Å²) in [6, 6.07) is 0.350. The maximum Gasteiger partial charge on any atom is 0.234 e. The second-order valence-electron chi connectivity index (χ2n) is 3.97. The van der Waals surface area contributed by atoms with Gasteiger partial charge in [0, 0.05) is 19.2 Å². The number of carbonyl (C=O) groups is 1. The fourth-order valence-electron chi connectivity index (χ4n) is 1.39. The summed E-state index contributed by atoms with van der Waals surface area (Å²) in [5.41, 5.74) is 0. The largest absolute Gasteiger partial charge is 0.376 e. The summed E-state index contributed by atoms with van der Waals surface area (Å²) < 4.78 is 5.39. The average molecular weight is 200 g/mol. The monoisotopic (exact) mass is 200 g/mol. The van der Waals surface area contributed by atoms with Gasteiger partial charge in [0.05, 0.1) is 12.6 Å². The molecule has 2 N–H and O–H groups in total. The molecule has 0 aromatic heterocycles. The molecule has 1 rings (SSSR count). The summed E-state index contributed by atoms with van der Waals surface area (Å²) >= 11 is 0. The summed E-state index contributed by atoms with van der Waals surface area (Å²) in [4.78, 5) is 11.3. The summed E-state index contributed by atoms with van der Waals surface area (Å²) in [6.45, 7) is 5.93. The summed E-state index contributed by atoms with van der Waals surface area (Å²) in [5.74, 6) is 0.0502. The first-order valence-corrected chi connectivity index (χ1v) is 5.30. The normalized spacial score (nSPS) is 21.5. The number of rotatable bonds is 5. The highest BCUT2D eigenvalue weighted by Gasteiger charge is 2.15. The third-order valence-corrected chi connectivity index (χ3v) is 2.22. The van der Waals surface area contributed by atoms with E-state index in [1.807, 2.05) is 13.8 Å². The number of ether oxygens (including phenoxy) is 1. The maximum absolute atomic E-state index is 11.3. The van der Waals surface area contributed by atoms with Gasteiger partial charge in [0.2, 0.25) is 5.91 Å². The molecule has 1 heterocycles. The van der Waals surface area contributed by atoms with Crippen LogP contribution in [0, 0.1) is 0 Å². The van der Waals surface area contributed by atoms with Gasteiger partial charge < -0.3 is 15.4 Å². The van der Waals surface area contributed by atoms with Crippen LogP contribution in [0.3, 0.4) is 0 Å². The molecular weight excluding hydrogens is 180 g/mol. The highest BCUT2D eigenvalue weighted by molar-refractivity contribution is 5.78. The standard InChI is InChI=1S/C10H20N2O2/c1-8(2)11-7-10(13)12-6-9-4-3-5-14-9/h8-9,11H,3-7H2,1-2H3,(H,12,13)/t9-/m1/s1. The van der Waals surface area contributed by atoms with Gasteiger partial charge in [-0.15, -0.1) is 0 Å². The Morgan fingerprint density at radius 3 is 2.93 bits per heavy atom. The first kappa shape index (κ1) is 11.5. The van der Waals surface area contributed by atoms with Gasteiger partial charge >= 0.3 is 0 Å². The molecule has 1 fully saturated rings. The van der Waals surface area contributed by atoms with Gasteiger partial charge in [-0.05, 0) is 12.8 Å². The first-order chi connectivity index (χ1) is 6.68. The fraction of sp³-hybridized carbons (Fsp3) is 0.900. The van der Waals surface area contributed by atoms with E-state index in [2.05, 4.69) is 10.6 Å². The van der Waals surface area contributed by atoms with Crippen LogP contribution in [0.1, 0.15) is 26.7 Å². The van der Waals surface area contributed by atoms with Crippen molar-refractivity contribution < 1.29 is 9.53 Å². The van der Waals surface area contributed by atoms with E-state index in [1.165, 1.54) is 0 Å². The third kappa shape index (κ3) is 4.58. The van der Waals surface area contributed by atoms with Crippen LogP contribution >= 0.6 is 0 Å². The SMILES string of the molecule is CC(C)NCC(=O)NC[C@H]1CCCO1. The van der Waals surface area contributed by atoms with E-state index < -0.39 is 0 Å². The molecule has 4 nitrogen and oxygen atoms in total. The van der Waals surface area contributed by atoms with E-state index in [4.69, 9.17) is 4.74 Å². The van der Waals surface area contributed by atoms with Crippen molar-refractivity contribution in [3.63, 3.8) is 0 Å². The molecule has 0 aliphatic carbocycles. The minimum atomic E-state index is 0.0502. The molecule has 0 unspecified atom stereocenters. The van der Waals surface area contributed by atoms with Gasteiger partial charge in [0.25, 0.3) is 0 Å². The number of carbonyl (C=O) groups excluding carboxylic acids is 1. The Kier molecular flexibility index (Phi) is 4.90. The van der Waals surface area contributed by atoms with E-state index in [-0.39, 0.29) is 12.0 Å². The zero-order chi connectivity index (χ0) is 10.4. The highest BCUT2D eigenvalue weighted by Crippen LogP contribution is 2.10. The predicted octanol–water partition coefficient (Wildman–Crippen LogP) is 0.280. The second-order valence-corrected chi connectivity index (χ2v) is 3.97. The van der Waals surface area contributed by atoms with Gasteiger partial charge in [-0.3, -0.25) is 4.79 Å². The summed E-state index contributed by atoms with van der Waals surface area (Å²) in [7, 11) is 0. The Morgan fingerprint density at radius 1 is 1.57 bits per heavy atom. The quantitative estimate of drug-likeness (QED) is 0.670. The minimum Gasteiger partial charge on any atom is -0.376 e. The number of nitrogens with one attached hydrogen (secondary N) is 2. The van der Waals surface area contributed by atoms with Crippen molar-refractivity contribution in [3.8, 4) is 0 Å². The molecule has 1 aliphatic heterocycles. The second kappa shape index (κ2) is 5.98. The molecular formula is C10H20N2O2. The molecule has 1 saturated heterocycles. The van der Waals surface area contributed by atoms with Crippen LogP contribution < -0.4 is 10.6 Å². The summed E-state index contributed by atoms with van der Waals surface area (Å²) in [5, 5.41) is 5.92. The topological polar surface area (TPSA) is 50.4 Å². The van der Waals surface area contributed by atoms with Crippen molar-refractivity contribution in [1.29, 1.82) is 0 Å². The maximum atomic E-state index is 11.3. The summed E-state index contributed by atoms with van der Waals surface area (Å²) in [6.07, 6.45) is 2.42. The van der Waals surface area contributed by atoms with Gasteiger partial charge in [-0.25, -0.2) is 0 Å². The fourth-order valence-corrected chi connectivity index (χ4v) is 1.39. The van der Waals surface area contributed by atoms with Crippen LogP contribution in [0.25, 0.3) is 0 Å². The Balaban J connectivity index is 2.02. The zero-order valence-electron chi connectivity index (χ0n) is 9.01. The van der Waals surface area contributed by atoms with Crippen molar-refractivity contribution in [3.05, 3.63) is 0 Å². The van der Waals surface area contributed by atoms with Crippen LogP contribution in [0.15, 0.2) is 0 Å². The lowest BCUT2D eigenvalue weighted by molar-refractivity contribution is -0.120. The molecule has 0 aromatic carbocycles. The van der Waals surface area contributed by atoms with E-state index in [0.29, 0.717) is 19.1 Å². The van der Waals surface area contributed by atoms with Gasteiger partial charge in [0.15, 0.2) is 0 Å². The van der Waals surface area contributed by atoms with Crippen LogP contribution in [0.4, 0.5) is 0 Å². The molecule has 14 heavy (non-hydrogen) atoms. The van der Waals surface area contributed by atoms with E-state index in [1.54, 1.807) is 0 Å². The predicted molar refractivity (Wildman–Crippen MR) is 55.1 cm³/mol. The number of amides is 1. The molecule has 1 atom stereocenters. The minimum absolute atomic E-state index is 0.0502. The Hall–Kier alpha value is -0.610. The number of hydrogen-bond acceptors (Lipinski definition) is 3. The van der Waals surface area contributed by atoms with Crippen LogP contribution in [-0.2, 0) is 9.53 Å². The first-order valence-electron chi connectivity index (χ1n) is 5.30. The van der Waals surface area contributed by atoms with Crippen molar-refractivity contribution in [2.75, 3.05) is 19.7 Å². The molecule has 0 radical (unpaired) electrons. The van der Waals surface area contributed by atoms with Crippen molar-refractivity contribution in [1.82, 2.24) is 10.6 Å². The molecule has 0 bridgehead atoms. The van der Waals surface area contributed by atoms with E-state index >= 15 is 0 Å². The highest BCUT2D eigenvalue weighted by atomic mass is 16.5. The molecule has 1 amide bonds. The molecule has 82 valence electrons. The van der Waals surface area contributed by atoms with E-state index in [9.17, 15) is 4.79 Å². The zero-order valence-corrected chi connectivity index (χ0v) is 9.01. The lowest BCUT2D eigenvalue weighted by Gasteiger charge is -2.12. The van der Waals surface area contributed by atoms with Gasteiger partial charge in [-0.1, -0.05) is 13.8 Å². The molecule has 4 heteroatoms. The lowest BCUT2D eigenvalue weighted by Crippen LogP contribution is -2.39.